The lowest BCUT2D eigenvalue weighted by atomic mass is 10.3. The molecule has 0 aromatic heterocycles. The Morgan fingerprint density at radius 2 is 1.12 bits per heavy atom. The molecule has 2 rings (SSSR count). The minimum absolute atomic E-state index is 0.579. The molecule has 0 aliphatic heterocycles. The molecule has 2 fully saturated rings. The molecular weight excluding hydrogens is 232 g/mol. The number of hydrogen-bond donors (Lipinski definition) is 2. The summed E-state index contributed by atoms with van der Waals surface area (Å²) in [6, 6.07) is 1.16. The van der Waals surface area contributed by atoms with Crippen molar-refractivity contribution in [1.29, 1.82) is 0 Å². The van der Waals surface area contributed by atoms with Crippen LogP contribution in [0.3, 0.4) is 0 Å². The van der Waals surface area contributed by atoms with Crippen molar-refractivity contribution in [3.8, 4) is 0 Å². The summed E-state index contributed by atoms with van der Waals surface area (Å²) in [5.41, 5.74) is 0. The predicted molar refractivity (Wildman–Crippen MR) is 70.6 cm³/mol. The average Bonchev–Trinajstić information content (AvgIpc) is 3.01. The maximum absolute atomic E-state index is 5.71. The molecule has 0 amide bonds. The fraction of sp³-hybridized carbons (Fsp3) is 1.00. The summed E-state index contributed by atoms with van der Waals surface area (Å²) in [5, 5.41) is 0. The predicted octanol–water partition coefficient (Wildman–Crippen LogP) is 1.78. The summed E-state index contributed by atoms with van der Waals surface area (Å²) < 4.78 is 11.4. The van der Waals surface area contributed by atoms with Gasteiger partial charge in [0.15, 0.2) is 0 Å². The van der Waals surface area contributed by atoms with Crippen LogP contribution in [0.1, 0.15) is 51.4 Å². The van der Waals surface area contributed by atoms with Crippen molar-refractivity contribution in [3.05, 3.63) is 0 Å². The van der Waals surface area contributed by atoms with Crippen LogP contribution in [0.15, 0.2) is 0 Å². The Hall–Kier alpha value is 0.0569. The molecule has 0 spiro atoms. The fourth-order valence-electron chi connectivity index (χ4n) is 3.04. The lowest BCUT2D eigenvalue weighted by molar-refractivity contribution is 0.200. The summed E-state index contributed by atoms with van der Waals surface area (Å²) in [7, 11) is 1.15. The van der Waals surface area contributed by atoms with Gasteiger partial charge in [-0.15, -0.1) is 0 Å². The van der Waals surface area contributed by atoms with Gasteiger partial charge in [-0.2, -0.15) is 0 Å². The van der Waals surface area contributed by atoms with Crippen molar-refractivity contribution in [2.75, 3.05) is 14.2 Å². The van der Waals surface area contributed by atoms with E-state index in [1.807, 2.05) is 0 Å². The van der Waals surface area contributed by atoms with Gasteiger partial charge < -0.3 is 8.85 Å². The zero-order valence-electron chi connectivity index (χ0n) is 11.1. The fourth-order valence-corrected chi connectivity index (χ4v) is 5.41. The molecule has 17 heavy (non-hydrogen) atoms. The molecule has 0 saturated heterocycles. The molecular formula is C12H26N2O2Si. The van der Waals surface area contributed by atoms with Crippen LogP contribution in [-0.2, 0) is 8.85 Å². The zero-order valence-corrected chi connectivity index (χ0v) is 12.1. The minimum atomic E-state index is -2.37. The molecule has 0 radical (unpaired) electrons. The van der Waals surface area contributed by atoms with Crippen molar-refractivity contribution in [2.24, 2.45) is 0 Å². The Morgan fingerprint density at radius 1 is 0.765 bits per heavy atom. The van der Waals surface area contributed by atoms with Crippen LogP contribution in [0.5, 0.6) is 0 Å². The van der Waals surface area contributed by atoms with Gasteiger partial charge in [-0.25, -0.2) is 0 Å². The second-order valence-electron chi connectivity index (χ2n) is 5.28. The molecule has 2 N–H and O–H groups in total. The Balaban J connectivity index is 1.91. The summed E-state index contributed by atoms with van der Waals surface area (Å²) >= 11 is 0. The molecule has 0 aromatic rings. The smallest absolute Gasteiger partial charge is 0.374 e. The first-order valence-corrected chi connectivity index (χ1v) is 8.75. The molecule has 4 nitrogen and oxygen atoms in total. The van der Waals surface area contributed by atoms with Crippen LogP contribution in [0.4, 0.5) is 0 Å². The maximum Gasteiger partial charge on any atom is 0.516 e. The summed E-state index contributed by atoms with van der Waals surface area (Å²) in [6.07, 6.45) is 10.4. The van der Waals surface area contributed by atoms with Crippen LogP contribution >= 0.6 is 0 Å². The van der Waals surface area contributed by atoms with Gasteiger partial charge in [0, 0.05) is 26.3 Å². The molecule has 0 heterocycles. The van der Waals surface area contributed by atoms with Crippen LogP contribution in [-0.4, -0.2) is 35.2 Å². The topological polar surface area (TPSA) is 42.5 Å². The van der Waals surface area contributed by atoms with Gasteiger partial charge >= 0.3 is 8.88 Å². The van der Waals surface area contributed by atoms with Gasteiger partial charge in [0.2, 0.25) is 0 Å². The van der Waals surface area contributed by atoms with E-state index in [4.69, 9.17) is 8.85 Å². The highest BCUT2D eigenvalue weighted by atomic mass is 28.4. The van der Waals surface area contributed by atoms with Crippen LogP contribution in [0.2, 0.25) is 0 Å². The molecule has 5 heteroatoms. The lowest BCUT2D eigenvalue weighted by Crippen LogP contribution is -2.70. The quantitative estimate of drug-likeness (QED) is 0.713. The third kappa shape index (κ3) is 3.51. The molecule has 0 bridgehead atoms. The third-order valence-corrected chi connectivity index (χ3v) is 6.80. The molecule has 0 unspecified atom stereocenters. The van der Waals surface area contributed by atoms with Crippen molar-refractivity contribution in [1.82, 2.24) is 9.96 Å². The van der Waals surface area contributed by atoms with E-state index in [-0.39, 0.29) is 0 Å². The highest BCUT2D eigenvalue weighted by molar-refractivity contribution is 6.62. The summed E-state index contributed by atoms with van der Waals surface area (Å²) in [5.74, 6) is 0. The second-order valence-corrected chi connectivity index (χ2v) is 7.90. The summed E-state index contributed by atoms with van der Waals surface area (Å²) in [6.45, 7) is 0. The van der Waals surface area contributed by atoms with Gasteiger partial charge in [0.25, 0.3) is 0 Å². The van der Waals surface area contributed by atoms with Gasteiger partial charge in [-0.3, -0.25) is 9.96 Å². The number of nitrogens with one attached hydrogen (secondary N) is 2. The third-order valence-electron chi connectivity index (χ3n) is 4.07. The monoisotopic (exact) mass is 258 g/mol. The van der Waals surface area contributed by atoms with E-state index in [9.17, 15) is 0 Å². The van der Waals surface area contributed by atoms with E-state index in [0.29, 0.717) is 12.1 Å². The Bertz CT molecular complexity index is 205. The normalized spacial score (nSPS) is 23.6. The van der Waals surface area contributed by atoms with Crippen molar-refractivity contribution < 1.29 is 8.85 Å². The Morgan fingerprint density at radius 3 is 1.41 bits per heavy atom. The highest BCUT2D eigenvalue weighted by Gasteiger charge is 2.42. The SMILES string of the molecule is CO[Si](NC1CCCC1)(NC1CCCC1)OC. The van der Waals surface area contributed by atoms with Gasteiger partial charge in [0.05, 0.1) is 0 Å². The van der Waals surface area contributed by atoms with Crippen LogP contribution in [0, 0.1) is 0 Å². The van der Waals surface area contributed by atoms with Crippen molar-refractivity contribution in [2.45, 2.75) is 63.5 Å². The van der Waals surface area contributed by atoms with E-state index in [1.54, 1.807) is 14.2 Å². The second kappa shape index (κ2) is 6.29. The molecule has 0 aromatic carbocycles. The minimum Gasteiger partial charge on any atom is -0.374 e. The standard InChI is InChI=1S/C12H26N2O2Si/c1-15-17(16-2,13-11-7-3-4-8-11)14-12-9-5-6-10-12/h11-14H,3-10H2,1-2H3. The van der Waals surface area contributed by atoms with Crippen molar-refractivity contribution >= 4 is 8.88 Å². The van der Waals surface area contributed by atoms with Crippen molar-refractivity contribution in [3.63, 3.8) is 0 Å². The first kappa shape index (κ1) is 13.5. The van der Waals surface area contributed by atoms with E-state index in [0.717, 1.165) is 0 Å². The van der Waals surface area contributed by atoms with Crippen LogP contribution < -0.4 is 9.96 Å². The maximum atomic E-state index is 5.71. The Kier molecular flexibility index (Phi) is 4.99. The average molecular weight is 258 g/mol. The first-order chi connectivity index (χ1) is 8.28. The molecule has 2 saturated carbocycles. The van der Waals surface area contributed by atoms with E-state index < -0.39 is 8.88 Å². The van der Waals surface area contributed by atoms with Crippen LogP contribution in [0.25, 0.3) is 0 Å². The molecule has 100 valence electrons. The molecule has 2 aliphatic carbocycles. The zero-order chi connectivity index (χ0) is 12.1. The molecule has 0 atom stereocenters. The van der Waals surface area contributed by atoms with E-state index >= 15 is 0 Å². The van der Waals surface area contributed by atoms with Gasteiger partial charge in [-0.05, 0) is 25.7 Å². The lowest BCUT2D eigenvalue weighted by Gasteiger charge is -2.33. The van der Waals surface area contributed by atoms with E-state index in [2.05, 4.69) is 9.96 Å². The number of hydrogen-bond acceptors (Lipinski definition) is 4. The highest BCUT2D eigenvalue weighted by Crippen LogP contribution is 2.22. The summed E-state index contributed by atoms with van der Waals surface area (Å²) in [4.78, 5) is 7.28. The first-order valence-electron chi connectivity index (χ1n) is 6.94. The molecule has 2 aliphatic rings. The van der Waals surface area contributed by atoms with Gasteiger partial charge in [0.1, 0.15) is 0 Å². The Labute approximate surface area is 106 Å². The largest absolute Gasteiger partial charge is 0.516 e. The number of rotatable bonds is 6. The van der Waals surface area contributed by atoms with Gasteiger partial charge in [-0.1, -0.05) is 25.7 Å². The van der Waals surface area contributed by atoms with E-state index in [1.165, 1.54) is 51.4 Å².